The quantitative estimate of drug-likeness (QED) is 0.466. The Kier molecular flexibility index (Phi) is 6.58. The molecule has 2 aromatic carbocycles. The van der Waals surface area contributed by atoms with Crippen LogP contribution in [0.25, 0.3) is 0 Å². The Balaban J connectivity index is 2.01. The zero-order valence-electron chi connectivity index (χ0n) is 12.8. The van der Waals surface area contributed by atoms with Crippen molar-refractivity contribution in [3.05, 3.63) is 66.2 Å². The van der Waals surface area contributed by atoms with Gasteiger partial charge in [0.25, 0.3) is 0 Å². The van der Waals surface area contributed by atoms with E-state index in [1.165, 1.54) is 0 Å². The second-order valence-electron chi connectivity index (χ2n) is 4.96. The van der Waals surface area contributed by atoms with Gasteiger partial charge >= 0.3 is 0 Å². The first-order valence-electron chi connectivity index (χ1n) is 7.53. The Morgan fingerprint density at radius 2 is 1.64 bits per heavy atom. The van der Waals surface area contributed by atoms with Crippen LogP contribution in [0.3, 0.4) is 0 Å². The number of nitrogens with one attached hydrogen (secondary N) is 2. The molecule has 2 N–H and O–H groups in total. The highest BCUT2D eigenvalue weighted by Crippen LogP contribution is 2.08. The van der Waals surface area contributed by atoms with E-state index in [0.29, 0.717) is 5.11 Å². The van der Waals surface area contributed by atoms with E-state index in [2.05, 4.69) is 34.9 Å². The minimum absolute atomic E-state index is 0.496. The number of hydrazone groups is 1. The van der Waals surface area contributed by atoms with Crippen LogP contribution in [0, 0.1) is 0 Å². The molecule has 0 spiro atoms. The lowest BCUT2D eigenvalue weighted by Gasteiger charge is -2.10. The fourth-order valence-corrected chi connectivity index (χ4v) is 2.20. The molecule has 0 amide bonds. The number of benzene rings is 2. The predicted molar refractivity (Wildman–Crippen MR) is 98.3 cm³/mol. The molecule has 0 fully saturated rings. The molecule has 0 aromatic heterocycles. The molecule has 4 heteroatoms. The van der Waals surface area contributed by atoms with Crippen molar-refractivity contribution >= 4 is 28.7 Å². The third-order valence-electron chi connectivity index (χ3n) is 3.20. The van der Waals surface area contributed by atoms with Crippen molar-refractivity contribution in [2.45, 2.75) is 26.2 Å². The molecule has 2 aromatic rings. The maximum Gasteiger partial charge on any atom is 0.191 e. The van der Waals surface area contributed by atoms with Crippen LogP contribution in [-0.4, -0.2) is 10.8 Å². The number of thiocarbonyl (C=S) groups is 1. The molecule has 22 heavy (non-hydrogen) atoms. The molecule has 0 saturated heterocycles. The third kappa shape index (κ3) is 5.30. The fourth-order valence-electron chi connectivity index (χ4n) is 2.04. The lowest BCUT2D eigenvalue weighted by Crippen LogP contribution is -2.25. The normalized spacial score (nSPS) is 11.0. The highest BCUT2D eigenvalue weighted by Gasteiger charge is 2.03. The molecule has 0 aliphatic carbocycles. The van der Waals surface area contributed by atoms with Crippen LogP contribution < -0.4 is 10.7 Å². The Morgan fingerprint density at radius 3 is 2.27 bits per heavy atom. The molecule has 0 bridgehead atoms. The molecule has 0 aliphatic rings. The van der Waals surface area contributed by atoms with Crippen LogP contribution in [-0.2, 0) is 0 Å². The van der Waals surface area contributed by atoms with Crippen molar-refractivity contribution in [3.8, 4) is 0 Å². The van der Waals surface area contributed by atoms with Gasteiger partial charge in [0, 0.05) is 5.69 Å². The molecule has 0 saturated carbocycles. The van der Waals surface area contributed by atoms with Gasteiger partial charge in [0.2, 0.25) is 0 Å². The summed E-state index contributed by atoms with van der Waals surface area (Å²) >= 11 is 5.29. The zero-order chi connectivity index (χ0) is 15.6. The second kappa shape index (κ2) is 8.95. The highest BCUT2D eigenvalue weighted by atomic mass is 32.1. The molecular weight excluding hydrogens is 290 g/mol. The van der Waals surface area contributed by atoms with Crippen molar-refractivity contribution in [2.75, 3.05) is 5.32 Å². The predicted octanol–water partition coefficient (Wildman–Crippen LogP) is 4.57. The SMILES string of the molecule is CCCC/C(=N\NC(=S)Nc1ccccc1)c1ccccc1. The molecule has 2 rings (SSSR count). The number of unbranched alkanes of at least 4 members (excludes halogenated alkanes) is 1. The molecule has 0 heterocycles. The molecule has 3 nitrogen and oxygen atoms in total. The van der Waals surface area contributed by atoms with Crippen LogP contribution in [0.15, 0.2) is 65.8 Å². The standard InChI is InChI=1S/C18H21N3S/c1-2-3-14-17(15-10-6-4-7-11-15)20-21-18(22)19-16-12-8-5-9-13-16/h4-13H,2-3,14H2,1H3,(H2,19,21,22)/b20-17+. The van der Waals surface area contributed by atoms with Crippen LogP contribution in [0.1, 0.15) is 31.7 Å². The summed E-state index contributed by atoms with van der Waals surface area (Å²) in [6.45, 7) is 2.18. The summed E-state index contributed by atoms with van der Waals surface area (Å²) in [6, 6.07) is 20.0. The van der Waals surface area contributed by atoms with Gasteiger partial charge in [-0.15, -0.1) is 0 Å². The van der Waals surface area contributed by atoms with E-state index < -0.39 is 0 Å². The monoisotopic (exact) mass is 311 g/mol. The summed E-state index contributed by atoms with van der Waals surface area (Å²) in [6.07, 6.45) is 3.17. The summed E-state index contributed by atoms with van der Waals surface area (Å²) in [5.41, 5.74) is 6.05. The molecule has 0 radical (unpaired) electrons. The van der Waals surface area contributed by atoms with E-state index in [9.17, 15) is 0 Å². The van der Waals surface area contributed by atoms with Crippen molar-refractivity contribution < 1.29 is 0 Å². The number of nitrogens with zero attached hydrogens (tertiary/aromatic N) is 1. The van der Waals surface area contributed by atoms with E-state index >= 15 is 0 Å². The van der Waals surface area contributed by atoms with E-state index in [0.717, 1.165) is 36.2 Å². The first kappa shape index (κ1) is 16.2. The van der Waals surface area contributed by atoms with Gasteiger partial charge in [-0.2, -0.15) is 5.10 Å². The summed E-state index contributed by atoms with van der Waals surface area (Å²) in [5, 5.41) is 8.11. The molecule has 0 atom stereocenters. The summed E-state index contributed by atoms with van der Waals surface area (Å²) in [5.74, 6) is 0. The number of rotatable bonds is 6. The van der Waals surface area contributed by atoms with E-state index in [1.807, 2.05) is 48.5 Å². The van der Waals surface area contributed by atoms with Crippen LogP contribution in [0.4, 0.5) is 5.69 Å². The second-order valence-corrected chi connectivity index (χ2v) is 5.37. The Morgan fingerprint density at radius 1 is 1.00 bits per heavy atom. The Bertz CT molecular complexity index is 609. The summed E-state index contributed by atoms with van der Waals surface area (Å²) < 4.78 is 0. The maximum absolute atomic E-state index is 5.29. The lowest BCUT2D eigenvalue weighted by atomic mass is 10.1. The van der Waals surface area contributed by atoms with Crippen LogP contribution >= 0.6 is 12.2 Å². The topological polar surface area (TPSA) is 36.4 Å². The number of anilines is 1. The van der Waals surface area contributed by atoms with Gasteiger partial charge in [0.1, 0.15) is 0 Å². The van der Waals surface area contributed by atoms with Gasteiger partial charge in [-0.1, -0.05) is 61.9 Å². The van der Waals surface area contributed by atoms with Crippen molar-refractivity contribution in [1.82, 2.24) is 5.43 Å². The van der Waals surface area contributed by atoms with E-state index in [1.54, 1.807) is 0 Å². The average Bonchev–Trinajstić information content (AvgIpc) is 2.57. The average molecular weight is 311 g/mol. The third-order valence-corrected chi connectivity index (χ3v) is 3.39. The molecular formula is C18H21N3S. The van der Waals surface area contributed by atoms with Gasteiger partial charge in [-0.3, -0.25) is 5.43 Å². The molecule has 0 unspecified atom stereocenters. The molecule has 0 aliphatic heterocycles. The zero-order valence-corrected chi connectivity index (χ0v) is 13.6. The molecule has 114 valence electrons. The maximum atomic E-state index is 5.29. The first-order chi connectivity index (χ1) is 10.8. The number of para-hydroxylation sites is 1. The van der Waals surface area contributed by atoms with Gasteiger partial charge in [-0.05, 0) is 42.8 Å². The van der Waals surface area contributed by atoms with Gasteiger partial charge in [0.15, 0.2) is 5.11 Å². The van der Waals surface area contributed by atoms with Crippen molar-refractivity contribution in [3.63, 3.8) is 0 Å². The highest BCUT2D eigenvalue weighted by molar-refractivity contribution is 7.80. The van der Waals surface area contributed by atoms with Gasteiger partial charge in [0.05, 0.1) is 5.71 Å². The van der Waals surface area contributed by atoms with E-state index in [4.69, 9.17) is 12.2 Å². The van der Waals surface area contributed by atoms with Gasteiger partial charge in [-0.25, -0.2) is 0 Å². The summed E-state index contributed by atoms with van der Waals surface area (Å²) in [7, 11) is 0. The largest absolute Gasteiger partial charge is 0.331 e. The van der Waals surface area contributed by atoms with Crippen LogP contribution in [0.2, 0.25) is 0 Å². The first-order valence-corrected chi connectivity index (χ1v) is 7.94. The summed E-state index contributed by atoms with van der Waals surface area (Å²) in [4.78, 5) is 0. The smallest absolute Gasteiger partial charge is 0.191 e. The number of hydrogen-bond donors (Lipinski definition) is 2. The van der Waals surface area contributed by atoms with Crippen molar-refractivity contribution in [1.29, 1.82) is 0 Å². The Hall–Kier alpha value is -2.20. The minimum atomic E-state index is 0.496. The minimum Gasteiger partial charge on any atom is -0.331 e. The number of hydrogen-bond acceptors (Lipinski definition) is 2. The Labute approximate surface area is 137 Å². The lowest BCUT2D eigenvalue weighted by molar-refractivity contribution is 0.828. The van der Waals surface area contributed by atoms with E-state index in [-0.39, 0.29) is 0 Å². The fraction of sp³-hybridized carbons (Fsp3) is 0.222. The van der Waals surface area contributed by atoms with Gasteiger partial charge < -0.3 is 5.32 Å². The van der Waals surface area contributed by atoms with Crippen molar-refractivity contribution in [2.24, 2.45) is 5.10 Å². The van der Waals surface area contributed by atoms with Crippen LogP contribution in [0.5, 0.6) is 0 Å².